The Balaban J connectivity index is 1.68. The average molecular weight is 395 g/mol. The molecule has 1 aromatic heterocycles. The summed E-state index contributed by atoms with van der Waals surface area (Å²) in [5, 5.41) is 3.40. The maximum Gasteiger partial charge on any atom is 0.232 e. The molecule has 1 aliphatic heterocycles. The molecule has 0 unspecified atom stereocenters. The van der Waals surface area contributed by atoms with E-state index in [9.17, 15) is 0 Å². The van der Waals surface area contributed by atoms with E-state index in [4.69, 9.17) is 4.98 Å². The van der Waals surface area contributed by atoms with Gasteiger partial charge in [-0.25, -0.2) is 4.98 Å². The lowest BCUT2D eigenvalue weighted by Gasteiger charge is -2.19. The highest BCUT2D eigenvalue weighted by molar-refractivity contribution is 9.10. The molecule has 0 bridgehead atoms. The first kappa shape index (κ1) is 16.1. The van der Waals surface area contributed by atoms with Crippen molar-refractivity contribution in [3.8, 4) is 0 Å². The number of nitrogens with zero attached hydrogens (tertiary/aromatic N) is 3. The molecule has 1 N–H and O–H groups in total. The van der Waals surface area contributed by atoms with E-state index >= 15 is 0 Å². The van der Waals surface area contributed by atoms with Gasteiger partial charge in [0.15, 0.2) is 0 Å². The third-order valence-corrected chi connectivity index (χ3v) is 5.01. The minimum absolute atomic E-state index is 0.746. The highest BCUT2D eigenvalue weighted by Crippen LogP contribution is 2.33. The molecule has 0 saturated carbocycles. The van der Waals surface area contributed by atoms with Crippen molar-refractivity contribution in [2.45, 2.75) is 20.3 Å². The standard InChI is InChI=1S/C20H19BrN4/c1-13-7-8-17(16(21)11-13)23-19-12-14(2)22-20(24-19)25-10-9-15-5-3-4-6-18(15)25/h3-8,11-12H,9-10H2,1-2H3,(H,22,23,24). The van der Waals surface area contributed by atoms with Crippen LogP contribution in [0.4, 0.5) is 23.1 Å². The van der Waals surface area contributed by atoms with Crippen molar-refractivity contribution in [3.63, 3.8) is 0 Å². The average Bonchev–Trinajstić information content (AvgIpc) is 3.01. The predicted octanol–water partition coefficient (Wildman–Crippen LogP) is 5.29. The van der Waals surface area contributed by atoms with Crippen LogP contribution in [0, 0.1) is 13.8 Å². The Morgan fingerprint density at radius 2 is 1.88 bits per heavy atom. The van der Waals surface area contributed by atoms with Gasteiger partial charge in [0, 0.05) is 28.5 Å². The van der Waals surface area contributed by atoms with Crippen LogP contribution in [0.1, 0.15) is 16.8 Å². The second kappa shape index (κ2) is 6.48. The molecule has 0 saturated heterocycles. The molecule has 1 aliphatic rings. The van der Waals surface area contributed by atoms with Crippen LogP contribution < -0.4 is 10.2 Å². The van der Waals surface area contributed by atoms with Gasteiger partial charge < -0.3 is 10.2 Å². The zero-order chi connectivity index (χ0) is 17.4. The fourth-order valence-electron chi connectivity index (χ4n) is 3.14. The van der Waals surface area contributed by atoms with E-state index in [1.807, 2.05) is 13.0 Å². The first-order valence-electron chi connectivity index (χ1n) is 8.34. The Kier molecular flexibility index (Phi) is 4.17. The predicted molar refractivity (Wildman–Crippen MR) is 106 cm³/mol. The van der Waals surface area contributed by atoms with E-state index in [0.29, 0.717) is 0 Å². The van der Waals surface area contributed by atoms with E-state index in [-0.39, 0.29) is 0 Å². The first-order valence-corrected chi connectivity index (χ1v) is 9.14. The quantitative estimate of drug-likeness (QED) is 0.654. The molecule has 0 spiro atoms. The van der Waals surface area contributed by atoms with Gasteiger partial charge in [-0.1, -0.05) is 24.3 Å². The Bertz CT molecular complexity index is 939. The van der Waals surface area contributed by atoms with Crippen molar-refractivity contribution in [1.82, 2.24) is 9.97 Å². The summed E-state index contributed by atoms with van der Waals surface area (Å²) in [6.07, 6.45) is 1.03. The molecular weight excluding hydrogens is 376 g/mol. The molecule has 2 heterocycles. The van der Waals surface area contributed by atoms with Crippen molar-refractivity contribution in [3.05, 3.63) is 69.8 Å². The Hall–Kier alpha value is -2.40. The van der Waals surface area contributed by atoms with Gasteiger partial charge in [0.2, 0.25) is 5.95 Å². The van der Waals surface area contributed by atoms with Crippen LogP contribution in [0.25, 0.3) is 0 Å². The number of hydrogen-bond donors (Lipinski definition) is 1. The smallest absolute Gasteiger partial charge is 0.232 e. The fourth-order valence-corrected chi connectivity index (χ4v) is 3.74. The van der Waals surface area contributed by atoms with E-state index in [0.717, 1.165) is 40.6 Å². The monoisotopic (exact) mass is 394 g/mol. The largest absolute Gasteiger partial charge is 0.339 e. The van der Waals surface area contributed by atoms with Crippen LogP contribution in [0.5, 0.6) is 0 Å². The number of hydrogen-bond acceptors (Lipinski definition) is 4. The Morgan fingerprint density at radius 3 is 2.72 bits per heavy atom. The minimum atomic E-state index is 0.746. The number of para-hydroxylation sites is 1. The number of nitrogens with one attached hydrogen (secondary N) is 1. The number of rotatable bonds is 3. The molecule has 4 nitrogen and oxygen atoms in total. The van der Waals surface area contributed by atoms with Gasteiger partial charge in [0.25, 0.3) is 0 Å². The summed E-state index contributed by atoms with van der Waals surface area (Å²) in [7, 11) is 0. The zero-order valence-electron chi connectivity index (χ0n) is 14.3. The summed E-state index contributed by atoms with van der Waals surface area (Å²) < 4.78 is 1.02. The maximum atomic E-state index is 4.76. The molecule has 4 rings (SSSR count). The van der Waals surface area contributed by atoms with Gasteiger partial charge >= 0.3 is 0 Å². The molecule has 5 heteroatoms. The third kappa shape index (κ3) is 3.24. The second-order valence-electron chi connectivity index (χ2n) is 6.33. The minimum Gasteiger partial charge on any atom is -0.339 e. The van der Waals surface area contributed by atoms with Crippen LogP contribution in [0.3, 0.4) is 0 Å². The van der Waals surface area contributed by atoms with Gasteiger partial charge in [-0.2, -0.15) is 4.98 Å². The van der Waals surface area contributed by atoms with Crippen LogP contribution in [0.15, 0.2) is 53.0 Å². The van der Waals surface area contributed by atoms with Gasteiger partial charge in [-0.05, 0) is 65.5 Å². The normalized spacial score (nSPS) is 13.0. The van der Waals surface area contributed by atoms with Crippen molar-refractivity contribution in [2.75, 3.05) is 16.8 Å². The van der Waals surface area contributed by atoms with Crippen LogP contribution in [-0.2, 0) is 6.42 Å². The summed E-state index contributed by atoms with van der Waals surface area (Å²) >= 11 is 3.61. The zero-order valence-corrected chi connectivity index (χ0v) is 15.8. The molecule has 0 amide bonds. The molecule has 126 valence electrons. The molecule has 3 aromatic rings. The topological polar surface area (TPSA) is 41.1 Å². The lowest BCUT2D eigenvalue weighted by Crippen LogP contribution is -2.17. The number of halogens is 1. The summed E-state index contributed by atoms with van der Waals surface area (Å²) in [6.45, 7) is 4.99. The van der Waals surface area contributed by atoms with E-state index < -0.39 is 0 Å². The van der Waals surface area contributed by atoms with E-state index in [1.54, 1.807) is 0 Å². The van der Waals surface area contributed by atoms with Crippen molar-refractivity contribution in [2.24, 2.45) is 0 Å². The first-order chi connectivity index (χ1) is 12.1. The number of aryl methyl sites for hydroxylation is 2. The Morgan fingerprint density at radius 1 is 1.04 bits per heavy atom. The molecule has 0 aliphatic carbocycles. The van der Waals surface area contributed by atoms with Gasteiger partial charge in [-0.15, -0.1) is 0 Å². The highest BCUT2D eigenvalue weighted by Gasteiger charge is 2.22. The van der Waals surface area contributed by atoms with Crippen molar-refractivity contribution in [1.29, 1.82) is 0 Å². The lowest BCUT2D eigenvalue weighted by atomic mass is 10.2. The van der Waals surface area contributed by atoms with Crippen LogP contribution in [-0.4, -0.2) is 16.5 Å². The number of fused-ring (bicyclic) bond motifs is 1. The van der Waals surface area contributed by atoms with Gasteiger partial charge in [0.1, 0.15) is 5.82 Å². The number of anilines is 4. The fraction of sp³-hybridized carbons (Fsp3) is 0.200. The second-order valence-corrected chi connectivity index (χ2v) is 7.19. The third-order valence-electron chi connectivity index (χ3n) is 4.36. The van der Waals surface area contributed by atoms with E-state index in [2.05, 4.69) is 80.5 Å². The summed E-state index contributed by atoms with van der Waals surface area (Å²) in [5.74, 6) is 1.55. The van der Waals surface area contributed by atoms with E-state index in [1.165, 1.54) is 16.8 Å². The molecule has 0 atom stereocenters. The molecular formula is C20H19BrN4. The maximum absolute atomic E-state index is 4.76. The number of aromatic nitrogens is 2. The van der Waals surface area contributed by atoms with Crippen molar-refractivity contribution < 1.29 is 0 Å². The van der Waals surface area contributed by atoms with Crippen LogP contribution in [0.2, 0.25) is 0 Å². The van der Waals surface area contributed by atoms with Gasteiger partial charge in [0.05, 0.1) is 5.69 Å². The summed E-state index contributed by atoms with van der Waals surface area (Å²) in [5.41, 5.74) is 5.71. The number of benzene rings is 2. The summed E-state index contributed by atoms with van der Waals surface area (Å²) in [4.78, 5) is 11.6. The van der Waals surface area contributed by atoms with Gasteiger partial charge in [-0.3, -0.25) is 0 Å². The lowest BCUT2D eigenvalue weighted by molar-refractivity contribution is 0.931. The highest BCUT2D eigenvalue weighted by atomic mass is 79.9. The molecule has 25 heavy (non-hydrogen) atoms. The molecule has 2 aromatic carbocycles. The molecule has 0 radical (unpaired) electrons. The SMILES string of the molecule is Cc1ccc(Nc2cc(C)nc(N3CCc4ccccc43)n2)c(Br)c1. The molecule has 0 fully saturated rings. The Labute approximate surface area is 156 Å². The van der Waals surface area contributed by atoms with Crippen LogP contribution >= 0.6 is 15.9 Å². The van der Waals surface area contributed by atoms with Crippen molar-refractivity contribution >= 4 is 39.1 Å². The summed E-state index contributed by atoms with van der Waals surface area (Å²) in [6, 6.07) is 16.7.